The molecule has 0 saturated carbocycles. The number of benzene rings is 2. The summed E-state index contributed by atoms with van der Waals surface area (Å²) in [5.41, 5.74) is 8.01. The van der Waals surface area contributed by atoms with Crippen LogP contribution in [0.2, 0.25) is 0 Å². The average Bonchev–Trinajstić information content (AvgIpc) is 3.48. The summed E-state index contributed by atoms with van der Waals surface area (Å²) in [5, 5.41) is 4.60. The summed E-state index contributed by atoms with van der Waals surface area (Å²) in [7, 11) is 2.17. The molecule has 2 aliphatic rings. The van der Waals surface area contributed by atoms with E-state index in [4.69, 9.17) is 0 Å². The maximum atomic E-state index is 13.3. The normalized spacial score (nSPS) is 16.5. The Morgan fingerprint density at radius 3 is 2.29 bits per heavy atom. The average molecular weight is 556 g/mol. The van der Waals surface area contributed by atoms with E-state index >= 15 is 0 Å². The second kappa shape index (κ2) is 11.0. The highest BCUT2D eigenvalue weighted by molar-refractivity contribution is 5.73. The van der Waals surface area contributed by atoms with E-state index in [-0.39, 0.29) is 0 Å². The van der Waals surface area contributed by atoms with Crippen molar-refractivity contribution in [3.05, 3.63) is 108 Å². The van der Waals surface area contributed by atoms with Crippen molar-refractivity contribution in [1.29, 1.82) is 0 Å². The number of allylic oxidation sites excluding steroid dienone is 4. The molecule has 0 spiro atoms. The van der Waals surface area contributed by atoms with Crippen LogP contribution in [0.5, 0.6) is 0 Å². The van der Waals surface area contributed by atoms with Crippen LogP contribution in [0.4, 0.5) is 13.2 Å². The van der Waals surface area contributed by atoms with Crippen LogP contribution in [-0.4, -0.2) is 57.8 Å². The van der Waals surface area contributed by atoms with E-state index in [0.29, 0.717) is 11.1 Å². The summed E-state index contributed by atoms with van der Waals surface area (Å²) in [6.45, 7) is 6.32. The van der Waals surface area contributed by atoms with Gasteiger partial charge in [0.1, 0.15) is 0 Å². The van der Waals surface area contributed by atoms with Crippen LogP contribution < -0.4 is 0 Å². The van der Waals surface area contributed by atoms with Gasteiger partial charge in [0.2, 0.25) is 0 Å². The first-order valence-electron chi connectivity index (χ1n) is 13.9. The summed E-state index contributed by atoms with van der Waals surface area (Å²) < 4.78 is 41.6. The predicted molar refractivity (Wildman–Crippen MR) is 156 cm³/mol. The molecule has 210 valence electrons. The van der Waals surface area contributed by atoms with Crippen molar-refractivity contribution < 1.29 is 13.2 Å². The topological polar surface area (TPSA) is 37.2 Å². The minimum Gasteiger partial charge on any atom is -0.372 e. The van der Waals surface area contributed by atoms with Crippen LogP contribution in [0.15, 0.2) is 91.2 Å². The van der Waals surface area contributed by atoms with Gasteiger partial charge >= 0.3 is 6.18 Å². The Labute approximate surface area is 238 Å². The Morgan fingerprint density at radius 1 is 0.756 bits per heavy atom. The number of likely N-dealkylation sites (N-methyl/N-ethyl adjacent to an activating group) is 1. The zero-order chi connectivity index (χ0) is 28.6. The van der Waals surface area contributed by atoms with E-state index in [1.54, 1.807) is 16.9 Å². The number of piperazine rings is 1. The highest BCUT2D eigenvalue weighted by atomic mass is 19.4. The lowest BCUT2D eigenvalue weighted by Gasteiger charge is -2.36. The summed E-state index contributed by atoms with van der Waals surface area (Å²) in [6.07, 6.45) is 9.60. The van der Waals surface area contributed by atoms with Gasteiger partial charge in [-0.2, -0.15) is 18.3 Å². The number of alkyl halides is 3. The van der Waals surface area contributed by atoms with Gasteiger partial charge in [0, 0.05) is 61.6 Å². The Kier molecular flexibility index (Phi) is 7.26. The lowest BCUT2D eigenvalue weighted by Crippen LogP contribution is -2.43. The molecule has 2 aromatic carbocycles. The standard InChI is InChI=1S/C33H32F3N5/c1-23-6-7-26(25-4-3-5-30(17-25)33(34,35)36)18-32(23)41-22-29(21-38-41)28-16-27(19-37-20-28)24-8-10-31(11-9-24)40-14-12-39(2)13-15-40/h3-8,10,16-22H,9,11-15H2,1-2H3. The van der Waals surface area contributed by atoms with Gasteiger partial charge in [0.05, 0.1) is 17.4 Å². The Bertz CT molecular complexity index is 1620. The van der Waals surface area contributed by atoms with E-state index in [2.05, 4.69) is 45.1 Å². The van der Waals surface area contributed by atoms with Gasteiger partial charge in [-0.1, -0.05) is 30.3 Å². The number of rotatable bonds is 5. The molecule has 0 bridgehead atoms. The van der Waals surface area contributed by atoms with Crippen molar-refractivity contribution in [2.45, 2.75) is 25.9 Å². The quantitative estimate of drug-likeness (QED) is 0.260. The van der Waals surface area contributed by atoms with Crippen LogP contribution >= 0.6 is 0 Å². The molecule has 0 amide bonds. The third-order valence-electron chi connectivity index (χ3n) is 8.04. The molecule has 1 aliphatic carbocycles. The predicted octanol–water partition coefficient (Wildman–Crippen LogP) is 7.24. The van der Waals surface area contributed by atoms with Crippen molar-refractivity contribution in [2.75, 3.05) is 33.2 Å². The second-order valence-electron chi connectivity index (χ2n) is 10.9. The van der Waals surface area contributed by atoms with Crippen LogP contribution in [0.3, 0.4) is 0 Å². The van der Waals surface area contributed by atoms with Gasteiger partial charge in [0.15, 0.2) is 0 Å². The molecule has 5 nitrogen and oxygen atoms in total. The van der Waals surface area contributed by atoms with Crippen LogP contribution in [0.25, 0.3) is 33.5 Å². The lowest BCUT2D eigenvalue weighted by atomic mass is 9.95. The van der Waals surface area contributed by atoms with Crippen molar-refractivity contribution in [3.8, 4) is 27.9 Å². The first-order chi connectivity index (χ1) is 19.7. The Hall–Kier alpha value is -4.17. The monoisotopic (exact) mass is 555 g/mol. The second-order valence-corrected chi connectivity index (χ2v) is 10.9. The van der Waals surface area contributed by atoms with Crippen molar-refractivity contribution in [1.82, 2.24) is 24.6 Å². The summed E-state index contributed by atoms with van der Waals surface area (Å²) in [5.74, 6) is 0. The number of hydrogen-bond acceptors (Lipinski definition) is 4. The smallest absolute Gasteiger partial charge is 0.372 e. The fourth-order valence-electron chi connectivity index (χ4n) is 5.51. The fourth-order valence-corrected chi connectivity index (χ4v) is 5.51. The van der Waals surface area contributed by atoms with E-state index in [9.17, 15) is 13.2 Å². The van der Waals surface area contributed by atoms with Crippen LogP contribution in [0, 0.1) is 6.92 Å². The van der Waals surface area contributed by atoms with E-state index < -0.39 is 11.7 Å². The number of aryl methyl sites for hydroxylation is 1. The molecule has 1 saturated heterocycles. The van der Waals surface area contributed by atoms with Gasteiger partial charge in [-0.3, -0.25) is 4.98 Å². The SMILES string of the molecule is Cc1ccc(-c2cccc(C(F)(F)F)c2)cc1-n1cc(-c2cncc(C3=CC=C(N4CCN(C)CC4)CC3)c2)cn1. The molecular formula is C33H32F3N5. The molecule has 1 aliphatic heterocycles. The molecule has 1 fully saturated rings. The van der Waals surface area contributed by atoms with Gasteiger partial charge in [-0.05, 0) is 85.0 Å². The molecule has 0 radical (unpaired) electrons. The van der Waals surface area contributed by atoms with Gasteiger partial charge in [0.25, 0.3) is 0 Å². The third-order valence-corrected chi connectivity index (χ3v) is 8.04. The molecule has 41 heavy (non-hydrogen) atoms. The highest BCUT2D eigenvalue weighted by Gasteiger charge is 2.30. The van der Waals surface area contributed by atoms with Crippen LogP contribution in [0.1, 0.15) is 29.5 Å². The molecule has 3 heterocycles. The van der Waals surface area contributed by atoms with Crippen molar-refractivity contribution in [3.63, 3.8) is 0 Å². The van der Waals surface area contributed by atoms with E-state index in [1.165, 1.54) is 23.4 Å². The molecule has 4 aromatic rings. The molecule has 0 N–H and O–H groups in total. The van der Waals surface area contributed by atoms with Gasteiger partial charge in [-0.15, -0.1) is 0 Å². The molecule has 0 atom stereocenters. The highest BCUT2D eigenvalue weighted by Crippen LogP contribution is 2.34. The van der Waals surface area contributed by atoms with E-state index in [0.717, 1.165) is 73.0 Å². The lowest BCUT2D eigenvalue weighted by molar-refractivity contribution is -0.137. The van der Waals surface area contributed by atoms with Crippen molar-refractivity contribution in [2.24, 2.45) is 0 Å². The zero-order valence-corrected chi connectivity index (χ0v) is 23.2. The molecule has 6 rings (SSSR count). The Morgan fingerprint density at radius 2 is 1.54 bits per heavy atom. The molecule has 0 unspecified atom stereocenters. The van der Waals surface area contributed by atoms with E-state index in [1.807, 2.05) is 43.7 Å². The largest absolute Gasteiger partial charge is 0.416 e. The number of aromatic nitrogens is 3. The zero-order valence-electron chi connectivity index (χ0n) is 23.2. The minimum absolute atomic E-state index is 0.510. The number of hydrogen-bond donors (Lipinski definition) is 0. The number of nitrogens with zero attached hydrogens (tertiary/aromatic N) is 5. The first kappa shape index (κ1) is 27.0. The van der Waals surface area contributed by atoms with Gasteiger partial charge in [-0.25, -0.2) is 4.68 Å². The maximum absolute atomic E-state index is 13.3. The summed E-state index contributed by atoms with van der Waals surface area (Å²) in [6, 6.07) is 13.2. The summed E-state index contributed by atoms with van der Waals surface area (Å²) in [4.78, 5) is 9.40. The van der Waals surface area contributed by atoms with Crippen molar-refractivity contribution >= 4 is 5.57 Å². The van der Waals surface area contributed by atoms with Gasteiger partial charge < -0.3 is 9.80 Å². The number of halogens is 3. The number of pyridine rings is 1. The Balaban J connectivity index is 1.24. The molecule has 2 aromatic heterocycles. The fraction of sp³-hybridized carbons (Fsp3) is 0.273. The third kappa shape index (κ3) is 5.84. The first-order valence-corrected chi connectivity index (χ1v) is 13.9. The maximum Gasteiger partial charge on any atom is 0.416 e. The van der Waals surface area contributed by atoms with Crippen LogP contribution in [-0.2, 0) is 6.18 Å². The minimum atomic E-state index is -4.39. The molecular weight excluding hydrogens is 523 g/mol. The summed E-state index contributed by atoms with van der Waals surface area (Å²) >= 11 is 0. The molecule has 8 heteroatoms.